The Bertz CT molecular complexity index is 4010. The zero-order valence-electron chi connectivity index (χ0n) is 59.3. The van der Waals surface area contributed by atoms with Crippen LogP contribution < -0.4 is 14.7 Å². The molecule has 0 unspecified atom stereocenters. The van der Waals surface area contributed by atoms with Gasteiger partial charge in [-0.3, -0.25) is 29.3 Å². The Labute approximate surface area is 564 Å². The van der Waals surface area contributed by atoms with Gasteiger partial charge in [0.05, 0.1) is 34.1 Å². The Balaban J connectivity index is 1.28. The monoisotopic (exact) mass is 1280 g/mol. The lowest BCUT2D eigenvalue weighted by Gasteiger charge is -2.28. The summed E-state index contributed by atoms with van der Waals surface area (Å²) in [4.78, 5) is 114. The number of aryl methyl sites for hydroxylation is 3. The number of anilines is 6. The molecule has 10 rings (SSSR count). The average molecular weight is 1280 g/mol. The van der Waals surface area contributed by atoms with E-state index in [-0.39, 0.29) is 34.5 Å². The third-order valence-corrected chi connectivity index (χ3v) is 16.0. The highest BCUT2D eigenvalue weighted by atomic mass is 16.2. The minimum Gasteiger partial charge on any atom is -0.268 e. The van der Waals surface area contributed by atoms with Crippen LogP contribution in [-0.4, -0.2) is 77.5 Å². The number of nitrogens with zero attached hydrogens (tertiary/aromatic N) is 15. The fourth-order valence-corrected chi connectivity index (χ4v) is 10.4. The number of aromatic nitrogens is 12. The molecule has 0 bridgehead atoms. The first-order valence-electron chi connectivity index (χ1n) is 32.4. The van der Waals surface area contributed by atoms with Gasteiger partial charge in [-0.15, -0.1) is 0 Å². The summed E-state index contributed by atoms with van der Waals surface area (Å²) in [5, 5.41) is 0. The summed E-state index contributed by atoms with van der Waals surface area (Å²) in [5.74, 6) is 0.702. The van der Waals surface area contributed by atoms with Gasteiger partial charge in [0, 0.05) is 84.5 Å². The van der Waals surface area contributed by atoms with Crippen molar-refractivity contribution in [3.8, 4) is 33.8 Å². The molecule has 0 aliphatic heterocycles. The maximum atomic E-state index is 16.8. The second-order valence-corrected chi connectivity index (χ2v) is 30.7. The highest BCUT2D eigenvalue weighted by Crippen LogP contribution is 2.38. The molecule has 0 radical (unpaired) electrons. The normalized spacial score (nSPS) is 12.3. The second-order valence-electron chi connectivity index (χ2n) is 30.7. The van der Waals surface area contributed by atoms with Gasteiger partial charge in [0.1, 0.15) is 34.9 Å². The topological polar surface area (TPSA) is 216 Å². The molecule has 4 aromatic carbocycles. The molecule has 96 heavy (non-hydrogen) atoms. The van der Waals surface area contributed by atoms with Crippen LogP contribution in [-0.2, 0) is 32.5 Å². The van der Waals surface area contributed by atoms with Crippen molar-refractivity contribution >= 4 is 52.6 Å². The third kappa shape index (κ3) is 14.8. The summed E-state index contributed by atoms with van der Waals surface area (Å²) in [6, 6.07) is 38.4. The second kappa shape index (κ2) is 25.8. The Hall–Kier alpha value is -10.2. The molecule has 0 spiro atoms. The van der Waals surface area contributed by atoms with E-state index in [2.05, 4.69) is 0 Å². The highest BCUT2D eigenvalue weighted by molar-refractivity contribution is 6.18. The number of carbonyl (C=O) groups is 3. The quantitative estimate of drug-likeness (QED) is 0.111. The van der Waals surface area contributed by atoms with Gasteiger partial charge in [-0.2, -0.15) is 29.9 Å². The molecule has 0 aliphatic rings. The van der Waals surface area contributed by atoms with Gasteiger partial charge >= 0.3 is 0 Å². The maximum absolute atomic E-state index is 16.8. The first-order valence-corrected chi connectivity index (χ1v) is 32.4. The van der Waals surface area contributed by atoms with Gasteiger partial charge in [-0.25, -0.2) is 29.7 Å². The summed E-state index contributed by atoms with van der Waals surface area (Å²) in [5.41, 5.74) is 4.85. The van der Waals surface area contributed by atoms with Crippen LogP contribution in [0.5, 0.6) is 0 Å². The molecular formula is C78H87N15O3. The van der Waals surface area contributed by atoms with Crippen molar-refractivity contribution < 1.29 is 14.4 Å². The third-order valence-electron chi connectivity index (χ3n) is 16.0. The van der Waals surface area contributed by atoms with E-state index in [1.54, 1.807) is 18.6 Å². The fourth-order valence-electron chi connectivity index (χ4n) is 10.4. The zero-order valence-corrected chi connectivity index (χ0v) is 59.3. The summed E-state index contributed by atoms with van der Waals surface area (Å²) >= 11 is 0. The van der Waals surface area contributed by atoms with Gasteiger partial charge in [0.2, 0.25) is 17.8 Å². The number of hydrogen-bond donors (Lipinski definition) is 0. The molecule has 18 heteroatoms. The van der Waals surface area contributed by atoms with Crippen LogP contribution in [0, 0.1) is 20.8 Å². The Kier molecular flexibility index (Phi) is 18.5. The van der Waals surface area contributed by atoms with Crippen LogP contribution in [0.15, 0.2) is 146 Å². The lowest BCUT2D eigenvalue weighted by Crippen LogP contribution is -2.34. The molecule has 0 saturated carbocycles. The van der Waals surface area contributed by atoms with E-state index in [1.807, 2.05) is 255 Å². The number of carbonyl (C=O) groups excluding carboxylic acids is 3. The van der Waals surface area contributed by atoms with E-state index in [0.717, 1.165) is 50.5 Å². The average Bonchev–Trinajstić information content (AvgIpc) is 0.768. The van der Waals surface area contributed by atoms with Crippen molar-refractivity contribution in [3.63, 3.8) is 0 Å². The van der Waals surface area contributed by atoms with Crippen molar-refractivity contribution in [2.45, 2.75) is 178 Å². The lowest BCUT2D eigenvalue weighted by atomic mass is 9.93. The maximum Gasteiger partial charge on any atom is 0.265 e. The molecule has 6 heterocycles. The summed E-state index contributed by atoms with van der Waals surface area (Å²) < 4.78 is 0. The van der Waals surface area contributed by atoms with Gasteiger partial charge in [0.15, 0.2) is 0 Å². The van der Waals surface area contributed by atoms with Crippen LogP contribution in [0.3, 0.4) is 0 Å². The molecule has 0 saturated heterocycles. The standard InChI is InChI=1S/C78H87N15O3/c1-46-25-22-40-79-58(46)49-28-34-55(35-29-49)91(70-85-64(73(4,5)6)82-65(86-70)74(7,8)9)61(94)52-43-53(62(95)92(56-36-30-50(31-37-56)59-47(2)26-23-41-80-59)71-87-66(75(10,11)12)83-67(88-71)76(13,14)15)45-54(44-52)63(96)93(57-38-32-51(33-39-57)60-48(3)27-24-42-81-60)72-89-68(77(16,17)18)84-69(90-72)78(19,20)21/h22-45H,1-21H3. The number of rotatable bonds is 12. The molecule has 3 amide bonds. The zero-order chi connectivity index (χ0) is 69.8. The first kappa shape index (κ1) is 68.6. The van der Waals surface area contributed by atoms with E-state index >= 15 is 14.4 Å². The molecule has 492 valence electrons. The molecule has 0 N–H and O–H groups in total. The molecule has 0 atom stereocenters. The molecule has 6 aromatic heterocycles. The van der Waals surface area contributed by atoms with Gasteiger partial charge in [-0.05, 0) is 110 Å². The molecule has 0 fully saturated rings. The highest BCUT2D eigenvalue weighted by Gasteiger charge is 2.37. The first-order chi connectivity index (χ1) is 44.8. The smallest absolute Gasteiger partial charge is 0.265 e. The lowest BCUT2D eigenvalue weighted by molar-refractivity contribution is 0.0996. The van der Waals surface area contributed by atoms with Gasteiger partial charge in [-0.1, -0.05) is 179 Å². The number of amides is 3. The predicted octanol–water partition coefficient (Wildman–Crippen LogP) is 17.1. The van der Waals surface area contributed by atoms with Crippen molar-refractivity contribution in [1.82, 2.24) is 59.8 Å². The van der Waals surface area contributed by atoms with E-state index in [9.17, 15) is 0 Å². The minimum atomic E-state index is -0.676. The minimum absolute atomic E-state index is 0.0233. The molecular weight excluding hydrogens is 1190 g/mol. The van der Waals surface area contributed by atoms with E-state index < -0.39 is 50.2 Å². The van der Waals surface area contributed by atoms with Crippen molar-refractivity contribution in [3.05, 3.63) is 214 Å². The Morgan fingerprint density at radius 3 is 0.656 bits per heavy atom. The Morgan fingerprint density at radius 2 is 0.479 bits per heavy atom. The van der Waals surface area contributed by atoms with Crippen LogP contribution >= 0.6 is 0 Å². The summed E-state index contributed by atoms with van der Waals surface area (Å²) in [7, 11) is 0. The van der Waals surface area contributed by atoms with Crippen molar-refractivity contribution in [2.24, 2.45) is 0 Å². The van der Waals surface area contributed by atoms with Crippen molar-refractivity contribution in [1.29, 1.82) is 0 Å². The number of benzene rings is 4. The van der Waals surface area contributed by atoms with Gasteiger partial charge in [0.25, 0.3) is 17.7 Å². The van der Waals surface area contributed by atoms with Gasteiger partial charge < -0.3 is 0 Å². The van der Waals surface area contributed by atoms with E-state index in [0.29, 0.717) is 52.0 Å². The molecule has 10 aromatic rings. The van der Waals surface area contributed by atoms with Crippen molar-refractivity contribution in [2.75, 3.05) is 14.7 Å². The SMILES string of the molecule is Cc1cccnc1-c1ccc(N(C(=O)c2cc(C(=O)N(c3ccc(-c4ncccc4C)cc3)c3nc(C(C)(C)C)nc(C(C)(C)C)n3)cc(C(=O)N(c3ccc(-c4ncccc4C)cc3)c3nc(C(C)(C)C)nc(C(C)(C)C)n3)c2)c2nc(C(C)(C)C)nc(C(C)(C)C)n2)cc1. The predicted molar refractivity (Wildman–Crippen MR) is 381 cm³/mol. The number of hydrogen-bond acceptors (Lipinski definition) is 15. The Morgan fingerprint density at radius 1 is 0.281 bits per heavy atom. The molecule has 18 nitrogen and oxygen atoms in total. The van der Waals surface area contributed by atoms with Crippen LogP contribution in [0.1, 0.15) is 207 Å². The summed E-state index contributed by atoms with van der Waals surface area (Å²) in [6.45, 7) is 42.0. The van der Waals surface area contributed by atoms with E-state index in [4.69, 9.17) is 59.8 Å². The van der Waals surface area contributed by atoms with Crippen LogP contribution in [0.25, 0.3) is 33.8 Å². The number of pyridine rings is 3. The molecule has 0 aliphatic carbocycles. The summed E-state index contributed by atoms with van der Waals surface area (Å²) in [6.07, 6.45) is 5.23. The fraction of sp³-hybridized carbons (Fsp3) is 0.346. The largest absolute Gasteiger partial charge is 0.268 e. The van der Waals surface area contributed by atoms with Crippen LogP contribution in [0.2, 0.25) is 0 Å². The van der Waals surface area contributed by atoms with E-state index in [1.165, 1.54) is 32.9 Å². The van der Waals surface area contributed by atoms with Crippen LogP contribution in [0.4, 0.5) is 34.9 Å².